The Labute approximate surface area is 215 Å². The third-order valence-electron chi connectivity index (χ3n) is 6.72. The number of aromatic nitrogens is 2. The predicted octanol–water partition coefficient (Wildman–Crippen LogP) is 2.10. The topological polar surface area (TPSA) is 90.3 Å². The van der Waals surface area contributed by atoms with E-state index in [9.17, 15) is 17.8 Å². The predicted molar refractivity (Wildman–Crippen MR) is 134 cm³/mol. The molecule has 8 nitrogen and oxygen atoms in total. The van der Waals surface area contributed by atoms with E-state index in [-0.39, 0.29) is 30.1 Å². The summed E-state index contributed by atoms with van der Waals surface area (Å²) in [6.45, 7) is 5.50. The fourth-order valence-corrected chi connectivity index (χ4v) is 5.11. The number of quaternary nitrogens is 1. The summed E-state index contributed by atoms with van der Waals surface area (Å²) in [5.41, 5.74) is 0.630. The van der Waals surface area contributed by atoms with Gasteiger partial charge < -0.3 is 15.0 Å². The summed E-state index contributed by atoms with van der Waals surface area (Å²) >= 11 is -1.61. The summed E-state index contributed by atoms with van der Waals surface area (Å²) in [5, 5.41) is 6.39. The van der Waals surface area contributed by atoms with E-state index in [4.69, 9.17) is 8.92 Å². The number of piperazine rings is 1. The lowest BCUT2D eigenvalue weighted by Crippen LogP contribution is -2.89. The van der Waals surface area contributed by atoms with Crippen molar-refractivity contribution in [3.8, 4) is 11.4 Å². The van der Waals surface area contributed by atoms with Crippen LogP contribution in [0.5, 0.6) is 5.75 Å². The van der Waals surface area contributed by atoms with Crippen LogP contribution in [0.3, 0.4) is 0 Å². The van der Waals surface area contributed by atoms with Gasteiger partial charge in [-0.25, -0.2) is 13.0 Å². The number of hydrogen-bond acceptors (Lipinski definition) is 6. The van der Waals surface area contributed by atoms with Gasteiger partial charge in [0.1, 0.15) is 17.3 Å². The van der Waals surface area contributed by atoms with Gasteiger partial charge in [-0.1, -0.05) is 17.7 Å². The molecule has 11 heteroatoms. The number of nitrogens with two attached hydrogens (primary N) is 1. The van der Waals surface area contributed by atoms with Crippen LogP contribution < -0.4 is 20.5 Å². The van der Waals surface area contributed by atoms with Crippen LogP contribution in [-0.4, -0.2) is 53.4 Å². The minimum atomic E-state index is -1.61. The van der Waals surface area contributed by atoms with Crippen molar-refractivity contribution in [1.82, 2.24) is 9.78 Å². The lowest BCUT2D eigenvalue weighted by atomic mass is 10.1. The molecular weight excluding hydrogens is 502 g/mol. The van der Waals surface area contributed by atoms with E-state index >= 15 is 0 Å². The number of hydrogen-bond donors (Lipinski definition) is 1. The molecule has 1 saturated carbocycles. The van der Waals surface area contributed by atoms with Crippen molar-refractivity contribution >= 4 is 16.8 Å². The normalized spacial score (nSPS) is 17.4. The molecule has 1 saturated heterocycles. The first-order valence-electron chi connectivity index (χ1n) is 12.2. The van der Waals surface area contributed by atoms with Gasteiger partial charge in [0.15, 0.2) is 11.1 Å². The molecule has 37 heavy (non-hydrogen) atoms. The van der Waals surface area contributed by atoms with E-state index in [2.05, 4.69) is 10.4 Å². The van der Waals surface area contributed by atoms with Crippen LogP contribution in [-0.2, 0) is 15.3 Å². The van der Waals surface area contributed by atoms with Crippen LogP contribution in [0.2, 0.25) is 0 Å². The average Bonchev–Trinajstić information content (AvgIpc) is 3.67. The Hall–Kier alpha value is -3.15. The molecule has 0 bridgehead atoms. The van der Waals surface area contributed by atoms with Crippen LogP contribution >= 0.6 is 0 Å². The zero-order valence-corrected chi connectivity index (χ0v) is 21.3. The highest BCUT2D eigenvalue weighted by Gasteiger charge is 2.45. The zero-order valence-electron chi connectivity index (χ0n) is 20.5. The molecule has 1 atom stereocenters. The summed E-state index contributed by atoms with van der Waals surface area (Å²) in [7, 11) is 0. The van der Waals surface area contributed by atoms with E-state index in [0.29, 0.717) is 23.7 Å². The van der Waals surface area contributed by atoms with Crippen molar-refractivity contribution in [2.75, 3.05) is 44.3 Å². The second-order valence-electron chi connectivity index (χ2n) is 9.66. The van der Waals surface area contributed by atoms with E-state index in [1.165, 1.54) is 6.20 Å². The quantitative estimate of drug-likeness (QED) is 0.455. The van der Waals surface area contributed by atoms with Crippen LogP contribution in [0.1, 0.15) is 18.4 Å². The van der Waals surface area contributed by atoms with Crippen molar-refractivity contribution in [3.05, 3.63) is 76.2 Å². The van der Waals surface area contributed by atoms with Crippen molar-refractivity contribution in [3.63, 3.8) is 0 Å². The minimum Gasteiger partial charge on any atom is -0.486 e. The molecule has 1 aromatic heterocycles. The van der Waals surface area contributed by atoms with Gasteiger partial charge in [-0.15, -0.1) is 0 Å². The molecular formula is C26H29F2N4O4S+. The maximum atomic E-state index is 13.9. The standard InChI is InChI=1S/C26H28F2N4O4S/c1-18-2-4-22(5-3-18)37(34)36-17-26(6-7-26)16-35-24-23(31-10-8-29-9-11-31)15-30-32(25(24)33)21-13-19(27)12-20(28)14-21/h2-5,12-15,29H,6-11,16-17H2,1H3/p+1. The summed E-state index contributed by atoms with van der Waals surface area (Å²) in [5.74, 6) is -1.54. The molecule has 196 valence electrons. The van der Waals surface area contributed by atoms with Gasteiger partial charge in [0.2, 0.25) is 5.75 Å². The maximum Gasteiger partial charge on any atom is 0.316 e. The third kappa shape index (κ3) is 5.89. The molecule has 2 aromatic carbocycles. The van der Waals surface area contributed by atoms with Gasteiger partial charge in [-0.2, -0.15) is 9.78 Å². The molecule has 0 radical (unpaired) electrons. The third-order valence-corrected chi connectivity index (χ3v) is 7.71. The molecule has 0 amide bonds. The SMILES string of the molecule is Cc1ccc(S(=O)OCC2(COc3c(N4CC[NH2+]CC4)cnn(-c4cc(F)cc(F)c4)c3=O)CC2)cc1. The van der Waals surface area contributed by atoms with Gasteiger partial charge in [0.25, 0.3) is 0 Å². The van der Waals surface area contributed by atoms with Crippen LogP contribution in [0.15, 0.2) is 58.4 Å². The van der Waals surface area contributed by atoms with Crippen LogP contribution in [0, 0.1) is 24.0 Å². The van der Waals surface area contributed by atoms with Crippen molar-refractivity contribution < 1.29 is 27.2 Å². The van der Waals surface area contributed by atoms with E-state index in [1.807, 2.05) is 24.0 Å². The smallest absolute Gasteiger partial charge is 0.316 e. The Kier molecular flexibility index (Phi) is 7.36. The second-order valence-corrected chi connectivity index (χ2v) is 10.8. The minimum absolute atomic E-state index is 0.0242. The fourth-order valence-electron chi connectivity index (χ4n) is 4.26. The number of halogens is 2. The summed E-state index contributed by atoms with van der Waals surface area (Å²) in [6.07, 6.45) is 3.12. The monoisotopic (exact) mass is 531 g/mol. The average molecular weight is 532 g/mol. The summed E-state index contributed by atoms with van der Waals surface area (Å²) < 4.78 is 53.1. The highest BCUT2D eigenvalue weighted by atomic mass is 32.2. The Morgan fingerprint density at radius 1 is 1.05 bits per heavy atom. The lowest BCUT2D eigenvalue weighted by molar-refractivity contribution is -0.655. The van der Waals surface area contributed by atoms with Gasteiger partial charge in [-0.05, 0) is 44.0 Å². The first-order valence-corrected chi connectivity index (χ1v) is 13.3. The fraction of sp³-hybridized carbons (Fsp3) is 0.385. The second kappa shape index (κ2) is 10.7. The lowest BCUT2D eigenvalue weighted by Gasteiger charge is -2.29. The van der Waals surface area contributed by atoms with Crippen LogP contribution in [0.25, 0.3) is 5.69 Å². The Bertz CT molecular complexity index is 1340. The summed E-state index contributed by atoms with van der Waals surface area (Å²) in [4.78, 5) is 16.1. The van der Waals surface area contributed by atoms with Gasteiger partial charge in [0.05, 0.1) is 56.2 Å². The molecule has 0 spiro atoms. The number of anilines is 1. The first kappa shape index (κ1) is 25.5. The molecule has 2 aliphatic rings. The van der Waals surface area contributed by atoms with Crippen molar-refractivity contribution in [1.29, 1.82) is 0 Å². The molecule has 5 rings (SSSR count). The molecule has 1 unspecified atom stereocenters. The van der Waals surface area contributed by atoms with Crippen LogP contribution in [0.4, 0.5) is 14.5 Å². The number of benzene rings is 2. The number of rotatable bonds is 9. The molecule has 3 aromatic rings. The Morgan fingerprint density at radius 3 is 2.38 bits per heavy atom. The van der Waals surface area contributed by atoms with E-state index in [0.717, 1.165) is 54.4 Å². The molecule has 2 fully saturated rings. The number of aryl methyl sites for hydroxylation is 1. The van der Waals surface area contributed by atoms with E-state index in [1.54, 1.807) is 12.1 Å². The highest BCUT2D eigenvalue weighted by Crippen LogP contribution is 2.46. The van der Waals surface area contributed by atoms with E-state index < -0.39 is 28.3 Å². The molecule has 1 aliphatic carbocycles. The molecule has 1 aliphatic heterocycles. The van der Waals surface area contributed by atoms with Gasteiger partial charge >= 0.3 is 5.56 Å². The first-order chi connectivity index (χ1) is 17.8. The Balaban J connectivity index is 1.37. The molecule has 2 heterocycles. The number of nitrogens with zero attached hydrogens (tertiary/aromatic N) is 3. The maximum absolute atomic E-state index is 13.9. The Morgan fingerprint density at radius 2 is 1.73 bits per heavy atom. The van der Waals surface area contributed by atoms with Crippen molar-refractivity contribution in [2.24, 2.45) is 5.41 Å². The molecule has 2 N–H and O–H groups in total. The highest BCUT2D eigenvalue weighted by molar-refractivity contribution is 7.80. The van der Waals surface area contributed by atoms with Crippen molar-refractivity contribution in [2.45, 2.75) is 24.7 Å². The van der Waals surface area contributed by atoms with Gasteiger partial charge in [0, 0.05) is 11.5 Å². The largest absolute Gasteiger partial charge is 0.486 e. The number of ether oxygens (including phenoxy) is 1. The zero-order chi connectivity index (χ0) is 26.0. The van der Waals surface area contributed by atoms with Gasteiger partial charge in [-0.3, -0.25) is 8.98 Å². The summed E-state index contributed by atoms with van der Waals surface area (Å²) in [6, 6.07) is 10.1.